The van der Waals surface area contributed by atoms with Crippen LogP contribution in [-0.4, -0.2) is 44.3 Å². The van der Waals surface area contributed by atoms with Gasteiger partial charge >= 0.3 is 0 Å². The predicted molar refractivity (Wildman–Crippen MR) is 54.7 cm³/mol. The maximum atomic E-state index is 5.53. The summed E-state index contributed by atoms with van der Waals surface area (Å²) in [6.07, 6.45) is 5.46. The van der Waals surface area contributed by atoms with E-state index in [0.29, 0.717) is 12.1 Å². The van der Waals surface area contributed by atoms with Crippen LogP contribution in [0.2, 0.25) is 0 Å². The summed E-state index contributed by atoms with van der Waals surface area (Å²) < 4.78 is 5.39. The fraction of sp³-hybridized carbons (Fsp3) is 1.00. The molecule has 0 aromatic carbocycles. The number of likely N-dealkylation sites (N-methyl/N-ethyl adjacent to an activating group) is 1. The van der Waals surface area contributed by atoms with Crippen molar-refractivity contribution in [2.24, 2.45) is 5.73 Å². The van der Waals surface area contributed by atoms with E-state index in [1.54, 1.807) is 0 Å². The SMILES string of the molecule is COC1CCCC(N(C)CCN)C1. The summed E-state index contributed by atoms with van der Waals surface area (Å²) in [6.45, 7) is 1.76. The van der Waals surface area contributed by atoms with E-state index < -0.39 is 0 Å². The van der Waals surface area contributed by atoms with Gasteiger partial charge in [0.2, 0.25) is 0 Å². The first-order chi connectivity index (χ1) is 6.27. The third kappa shape index (κ3) is 3.25. The molecule has 1 rings (SSSR count). The lowest BCUT2D eigenvalue weighted by Gasteiger charge is -2.34. The molecular weight excluding hydrogens is 164 g/mol. The number of rotatable bonds is 4. The Morgan fingerprint density at radius 3 is 2.85 bits per heavy atom. The molecule has 0 spiro atoms. The minimum absolute atomic E-state index is 0.471. The van der Waals surface area contributed by atoms with Gasteiger partial charge in [-0.25, -0.2) is 0 Å². The van der Waals surface area contributed by atoms with Crippen LogP contribution in [-0.2, 0) is 4.74 Å². The predicted octanol–water partition coefficient (Wildman–Crippen LogP) is 0.834. The Morgan fingerprint density at radius 2 is 2.23 bits per heavy atom. The number of nitrogens with two attached hydrogens (primary N) is 1. The first kappa shape index (κ1) is 11.0. The van der Waals surface area contributed by atoms with Crippen LogP contribution in [0.15, 0.2) is 0 Å². The summed E-state index contributed by atoms with van der Waals surface area (Å²) >= 11 is 0. The Hall–Kier alpha value is -0.120. The molecule has 0 bridgehead atoms. The molecule has 1 saturated carbocycles. The van der Waals surface area contributed by atoms with Gasteiger partial charge in [0.15, 0.2) is 0 Å². The Kier molecular flexibility index (Phi) is 4.70. The lowest BCUT2D eigenvalue weighted by molar-refractivity contribution is 0.0353. The molecule has 3 heteroatoms. The lowest BCUT2D eigenvalue weighted by atomic mass is 9.92. The smallest absolute Gasteiger partial charge is 0.0586 e. The number of hydrogen-bond donors (Lipinski definition) is 1. The highest BCUT2D eigenvalue weighted by Gasteiger charge is 2.23. The van der Waals surface area contributed by atoms with Gasteiger partial charge in [-0.15, -0.1) is 0 Å². The highest BCUT2D eigenvalue weighted by Crippen LogP contribution is 2.23. The van der Waals surface area contributed by atoms with Gasteiger partial charge in [0, 0.05) is 26.2 Å². The van der Waals surface area contributed by atoms with Crippen molar-refractivity contribution in [2.75, 3.05) is 27.2 Å². The van der Waals surface area contributed by atoms with E-state index in [1.807, 2.05) is 7.11 Å². The Morgan fingerprint density at radius 1 is 1.46 bits per heavy atom. The second-order valence-corrected chi connectivity index (χ2v) is 3.95. The molecule has 0 aliphatic heterocycles. The van der Waals surface area contributed by atoms with Crippen LogP contribution in [0.3, 0.4) is 0 Å². The maximum Gasteiger partial charge on any atom is 0.0586 e. The summed E-state index contributed by atoms with van der Waals surface area (Å²) in [6, 6.07) is 0.683. The summed E-state index contributed by atoms with van der Waals surface area (Å²) in [5.41, 5.74) is 5.53. The molecule has 1 fully saturated rings. The first-order valence-electron chi connectivity index (χ1n) is 5.21. The molecule has 1 aliphatic carbocycles. The third-order valence-electron chi connectivity index (χ3n) is 3.04. The zero-order chi connectivity index (χ0) is 9.68. The Bertz CT molecular complexity index is 141. The van der Waals surface area contributed by atoms with Gasteiger partial charge in [0.05, 0.1) is 6.10 Å². The van der Waals surface area contributed by atoms with Crippen molar-refractivity contribution in [3.8, 4) is 0 Å². The van der Waals surface area contributed by atoms with Crippen LogP contribution in [0.1, 0.15) is 25.7 Å². The largest absolute Gasteiger partial charge is 0.381 e. The summed E-state index contributed by atoms with van der Waals surface area (Å²) in [5, 5.41) is 0. The fourth-order valence-electron chi connectivity index (χ4n) is 2.12. The average molecular weight is 186 g/mol. The highest BCUT2D eigenvalue weighted by molar-refractivity contribution is 4.79. The molecule has 3 nitrogen and oxygen atoms in total. The highest BCUT2D eigenvalue weighted by atomic mass is 16.5. The van der Waals surface area contributed by atoms with Crippen molar-refractivity contribution in [3.05, 3.63) is 0 Å². The van der Waals surface area contributed by atoms with Crippen molar-refractivity contribution in [3.63, 3.8) is 0 Å². The van der Waals surface area contributed by atoms with Gasteiger partial charge in [-0.3, -0.25) is 0 Å². The molecule has 0 heterocycles. The van der Waals surface area contributed by atoms with Crippen LogP contribution in [0.5, 0.6) is 0 Å². The third-order valence-corrected chi connectivity index (χ3v) is 3.04. The Balaban J connectivity index is 2.32. The molecule has 2 atom stereocenters. The van der Waals surface area contributed by atoms with Gasteiger partial charge in [-0.1, -0.05) is 0 Å². The molecule has 2 unspecified atom stereocenters. The number of ether oxygens (including phenoxy) is 1. The van der Waals surface area contributed by atoms with E-state index in [2.05, 4.69) is 11.9 Å². The molecule has 13 heavy (non-hydrogen) atoms. The van der Waals surface area contributed by atoms with E-state index in [0.717, 1.165) is 13.1 Å². The van der Waals surface area contributed by atoms with Gasteiger partial charge < -0.3 is 15.4 Å². The van der Waals surface area contributed by atoms with E-state index in [-0.39, 0.29) is 0 Å². The monoisotopic (exact) mass is 186 g/mol. The van der Waals surface area contributed by atoms with Gasteiger partial charge in [0.1, 0.15) is 0 Å². The van der Waals surface area contributed by atoms with Crippen LogP contribution in [0.4, 0.5) is 0 Å². The second kappa shape index (κ2) is 5.58. The van der Waals surface area contributed by atoms with E-state index >= 15 is 0 Å². The number of methoxy groups -OCH3 is 1. The van der Waals surface area contributed by atoms with Gasteiger partial charge in [-0.2, -0.15) is 0 Å². The molecule has 0 saturated heterocycles. The van der Waals surface area contributed by atoms with Crippen LogP contribution in [0.25, 0.3) is 0 Å². The number of nitrogens with zero attached hydrogens (tertiary/aromatic N) is 1. The van der Waals surface area contributed by atoms with Crippen molar-refractivity contribution in [1.29, 1.82) is 0 Å². The molecule has 0 radical (unpaired) electrons. The minimum Gasteiger partial charge on any atom is -0.381 e. The summed E-state index contributed by atoms with van der Waals surface area (Å²) in [7, 11) is 3.98. The molecule has 0 aromatic rings. The summed E-state index contributed by atoms with van der Waals surface area (Å²) in [4.78, 5) is 2.37. The van der Waals surface area contributed by atoms with Crippen molar-refractivity contribution in [1.82, 2.24) is 4.90 Å². The molecule has 0 amide bonds. The first-order valence-corrected chi connectivity index (χ1v) is 5.21. The maximum absolute atomic E-state index is 5.53. The van der Waals surface area contributed by atoms with E-state index in [1.165, 1.54) is 25.7 Å². The standard InChI is InChI=1S/C10H22N2O/c1-12(7-6-11)9-4-3-5-10(8-9)13-2/h9-10H,3-8,11H2,1-2H3. The van der Waals surface area contributed by atoms with Crippen molar-refractivity contribution in [2.45, 2.75) is 37.8 Å². The summed E-state index contributed by atoms with van der Waals surface area (Å²) in [5.74, 6) is 0. The van der Waals surface area contributed by atoms with Gasteiger partial charge in [-0.05, 0) is 32.7 Å². The molecule has 1 aliphatic rings. The zero-order valence-electron chi connectivity index (χ0n) is 8.83. The molecule has 0 aromatic heterocycles. The van der Waals surface area contributed by atoms with E-state index in [4.69, 9.17) is 10.5 Å². The molecule has 78 valence electrons. The fourth-order valence-corrected chi connectivity index (χ4v) is 2.12. The zero-order valence-corrected chi connectivity index (χ0v) is 8.83. The van der Waals surface area contributed by atoms with Crippen molar-refractivity contribution < 1.29 is 4.74 Å². The van der Waals surface area contributed by atoms with Crippen molar-refractivity contribution >= 4 is 0 Å². The number of hydrogen-bond acceptors (Lipinski definition) is 3. The average Bonchev–Trinajstić information content (AvgIpc) is 2.18. The van der Waals surface area contributed by atoms with Crippen LogP contribution >= 0.6 is 0 Å². The Labute approximate surface area is 81.2 Å². The van der Waals surface area contributed by atoms with Gasteiger partial charge in [0.25, 0.3) is 0 Å². The van der Waals surface area contributed by atoms with Crippen LogP contribution in [0, 0.1) is 0 Å². The normalized spacial score (nSPS) is 29.5. The lowest BCUT2D eigenvalue weighted by Crippen LogP contribution is -2.40. The topological polar surface area (TPSA) is 38.5 Å². The second-order valence-electron chi connectivity index (χ2n) is 3.95. The quantitative estimate of drug-likeness (QED) is 0.707. The molecule has 2 N–H and O–H groups in total. The minimum atomic E-state index is 0.471. The van der Waals surface area contributed by atoms with Crippen LogP contribution < -0.4 is 5.73 Å². The molecular formula is C10H22N2O. The van der Waals surface area contributed by atoms with E-state index in [9.17, 15) is 0 Å².